The van der Waals surface area contributed by atoms with Crippen molar-refractivity contribution < 1.29 is 14.3 Å². The summed E-state index contributed by atoms with van der Waals surface area (Å²) in [6.07, 6.45) is 0. The first-order valence-electron chi connectivity index (χ1n) is 7.60. The van der Waals surface area contributed by atoms with Crippen molar-refractivity contribution in [1.29, 1.82) is 0 Å². The van der Waals surface area contributed by atoms with Gasteiger partial charge in [-0.1, -0.05) is 18.2 Å². The number of benzene rings is 2. The van der Waals surface area contributed by atoms with Crippen molar-refractivity contribution in [2.45, 2.75) is 13.5 Å². The number of carbonyl (C=O) groups excluding carboxylic acids is 1. The molecule has 0 aliphatic carbocycles. The summed E-state index contributed by atoms with van der Waals surface area (Å²) in [5, 5.41) is 2.86. The van der Waals surface area contributed by atoms with Crippen LogP contribution in [0.25, 0.3) is 0 Å². The number of nitrogens with two attached hydrogens (primary N) is 1. The molecule has 0 aliphatic heterocycles. The van der Waals surface area contributed by atoms with Crippen molar-refractivity contribution in [1.82, 2.24) is 0 Å². The lowest BCUT2D eigenvalue weighted by Crippen LogP contribution is -2.12. The van der Waals surface area contributed by atoms with Crippen molar-refractivity contribution >= 4 is 29.7 Å². The number of nitrogens with one attached hydrogen (secondary N) is 1. The third-order valence-corrected chi connectivity index (χ3v) is 3.18. The summed E-state index contributed by atoms with van der Waals surface area (Å²) in [6, 6.07) is 14.5. The molecule has 24 heavy (non-hydrogen) atoms. The van der Waals surface area contributed by atoms with Gasteiger partial charge >= 0.3 is 0 Å². The number of amides is 1. The van der Waals surface area contributed by atoms with Crippen LogP contribution in [0, 0.1) is 0 Å². The Morgan fingerprint density at radius 1 is 1.08 bits per heavy atom. The van der Waals surface area contributed by atoms with Crippen LogP contribution in [-0.2, 0) is 16.1 Å². The van der Waals surface area contributed by atoms with Crippen LogP contribution in [-0.4, -0.2) is 25.7 Å². The molecule has 6 heteroatoms. The Labute approximate surface area is 148 Å². The molecule has 2 aromatic rings. The highest BCUT2D eigenvalue weighted by molar-refractivity contribution is 6.04. The number of carbonyl (C=O) groups is 1. The summed E-state index contributed by atoms with van der Waals surface area (Å²) in [5.74, 6) is -0.188. The number of rotatable bonds is 8. The number of ether oxygens (including phenoxy) is 2. The van der Waals surface area contributed by atoms with Gasteiger partial charge in [-0.15, -0.1) is 12.4 Å². The number of halogens is 1. The van der Waals surface area contributed by atoms with Gasteiger partial charge in [0.15, 0.2) is 0 Å². The first kappa shape index (κ1) is 20.0. The third kappa shape index (κ3) is 6.58. The zero-order chi connectivity index (χ0) is 16.5. The van der Waals surface area contributed by atoms with Crippen molar-refractivity contribution in [2.24, 2.45) is 0 Å². The zero-order valence-electron chi connectivity index (χ0n) is 13.7. The van der Waals surface area contributed by atoms with E-state index in [0.717, 1.165) is 11.3 Å². The third-order valence-electron chi connectivity index (χ3n) is 3.18. The summed E-state index contributed by atoms with van der Waals surface area (Å²) in [7, 11) is 0. The van der Waals surface area contributed by atoms with E-state index in [2.05, 4.69) is 5.32 Å². The second-order valence-corrected chi connectivity index (χ2v) is 5.03. The summed E-state index contributed by atoms with van der Waals surface area (Å²) < 4.78 is 10.7. The SMILES string of the molecule is CCOCCOCc1cccc(NC(=O)c2cccc(N)c2)c1.Cl. The molecule has 0 saturated carbocycles. The van der Waals surface area contributed by atoms with Crippen LogP contribution in [0.3, 0.4) is 0 Å². The van der Waals surface area contributed by atoms with Gasteiger partial charge in [0.05, 0.1) is 19.8 Å². The molecule has 0 fully saturated rings. The van der Waals surface area contributed by atoms with E-state index in [1.165, 1.54) is 0 Å². The van der Waals surface area contributed by atoms with Gasteiger partial charge in [0.1, 0.15) is 0 Å². The maximum absolute atomic E-state index is 12.2. The molecule has 0 unspecified atom stereocenters. The number of hydrogen-bond donors (Lipinski definition) is 2. The highest BCUT2D eigenvalue weighted by Crippen LogP contribution is 2.14. The molecule has 0 aromatic heterocycles. The summed E-state index contributed by atoms with van der Waals surface area (Å²) in [5.41, 5.74) is 8.51. The molecule has 3 N–H and O–H groups in total. The first-order chi connectivity index (χ1) is 11.2. The maximum Gasteiger partial charge on any atom is 0.255 e. The number of anilines is 2. The summed E-state index contributed by atoms with van der Waals surface area (Å²) in [6.45, 7) is 4.26. The fraction of sp³-hybridized carbons (Fsp3) is 0.278. The molecule has 0 heterocycles. The predicted octanol–water partition coefficient (Wildman–Crippen LogP) is 3.50. The number of hydrogen-bond acceptors (Lipinski definition) is 4. The fourth-order valence-electron chi connectivity index (χ4n) is 2.07. The Bertz CT molecular complexity index is 650. The van der Waals surface area contributed by atoms with Gasteiger partial charge in [-0.05, 0) is 42.8 Å². The van der Waals surface area contributed by atoms with Gasteiger partial charge in [-0.2, -0.15) is 0 Å². The first-order valence-corrected chi connectivity index (χ1v) is 7.60. The molecular formula is C18H23ClN2O3. The van der Waals surface area contributed by atoms with E-state index in [1.54, 1.807) is 24.3 Å². The van der Waals surface area contributed by atoms with Crippen molar-refractivity contribution in [3.63, 3.8) is 0 Å². The summed E-state index contributed by atoms with van der Waals surface area (Å²) in [4.78, 5) is 12.2. The highest BCUT2D eigenvalue weighted by Gasteiger charge is 2.06. The summed E-state index contributed by atoms with van der Waals surface area (Å²) >= 11 is 0. The van der Waals surface area contributed by atoms with E-state index in [1.807, 2.05) is 31.2 Å². The van der Waals surface area contributed by atoms with Crippen LogP contribution in [0.2, 0.25) is 0 Å². The molecule has 0 aliphatic rings. The number of nitrogen functional groups attached to an aromatic ring is 1. The molecule has 2 rings (SSSR count). The van der Waals surface area contributed by atoms with E-state index in [0.29, 0.717) is 37.7 Å². The normalized spacial score (nSPS) is 10.0. The van der Waals surface area contributed by atoms with E-state index in [4.69, 9.17) is 15.2 Å². The second-order valence-electron chi connectivity index (χ2n) is 5.03. The Balaban J connectivity index is 0.00000288. The average Bonchev–Trinajstić information content (AvgIpc) is 2.55. The van der Waals surface area contributed by atoms with Crippen LogP contribution in [0.15, 0.2) is 48.5 Å². The van der Waals surface area contributed by atoms with E-state index >= 15 is 0 Å². The van der Waals surface area contributed by atoms with Gasteiger partial charge in [0, 0.05) is 23.5 Å². The maximum atomic E-state index is 12.2. The van der Waals surface area contributed by atoms with E-state index in [9.17, 15) is 4.79 Å². The molecule has 0 radical (unpaired) electrons. The quantitative estimate of drug-likeness (QED) is 0.564. The van der Waals surface area contributed by atoms with Crippen LogP contribution in [0.1, 0.15) is 22.8 Å². The van der Waals surface area contributed by atoms with Crippen LogP contribution < -0.4 is 11.1 Å². The zero-order valence-corrected chi connectivity index (χ0v) is 14.5. The average molecular weight is 351 g/mol. The molecule has 2 aromatic carbocycles. The largest absolute Gasteiger partial charge is 0.399 e. The van der Waals surface area contributed by atoms with Gasteiger partial charge in [-0.3, -0.25) is 4.79 Å². The Morgan fingerprint density at radius 2 is 1.83 bits per heavy atom. The minimum Gasteiger partial charge on any atom is -0.399 e. The highest BCUT2D eigenvalue weighted by atomic mass is 35.5. The lowest BCUT2D eigenvalue weighted by Gasteiger charge is -2.09. The van der Waals surface area contributed by atoms with E-state index < -0.39 is 0 Å². The van der Waals surface area contributed by atoms with Gasteiger partial charge in [-0.25, -0.2) is 0 Å². The van der Waals surface area contributed by atoms with Crippen LogP contribution in [0.4, 0.5) is 11.4 Å². The standard InChI is InChI=1S/C18H22N2O3.ClH/c1-2-22-9-10-23-13-14-5-3-8-17(11-14)20-18(21)15-6-4-7-16(19)12-15;/h3-8,11-12H,2,9-10,13,19H2,1H3,(H,20,21);1H. The minimum atomic E-state index is -0.188. The Kier molecular flexibility index (Phi) is 8.86. The lowest BCUT2D eigenvalue weighted by molar-refractivity contribution is 0.0453. The van der Waals surface area contributed by atoms with Gasteiger partial charge < -0.3 is 20.5 Å². The monoisotopic (exact) mass is 350 g/mol. The lowest BCUT2D eigenvalue weighted by atomic mass is 10.1. The molecular weight excluding hydrogens is 328 g/mol. The molecule has 0 saturated heterocycles. The molecule has 130 valence electrons. The minimum absolute atomic E-state index is 0. The molecule has 5 nitrogen and oxygen atoms in total. The predicted molar refractivity (Wildman–Crippen MR) is 98.6 cm³/mol. The topological polar surface area (TPSA) is 73.6 Å². The fourth-order valence-corrected chi connectivity index (χ4v) is 2.07. The van der Waals surface area contributed by atoms with Crippen molar-refractivity contribution in [2.75, 3.05) is 30.9 Å². The van der Waals surface area contributed by atoms with Gasteiger partial charge in [0.2, 0.25) is 0 Å². The van der Waals surface area contributed by atoms with Crippen molar-refractivity contribution in [3.8, 4) is 0 Å². The molecule has 0 atom stereocenters. The Hall–Kier alpha value is -2.08. The van der Waals surface area contributed by atoms with Crippen LogP contribution in [0.5, 0.6) is 0 Å². The van der Waals surface area contributed by atoms with E-state index in [-0.39, 0.29) is 18.3 Å². The molecule has 0 bridgehead atoms. The molecule has 1 amide bonds. The van der Waals surface area contributed by atoms with Gasteiger partial charge in [0.25, 0.3) is 5.91 Å². The molecule has 0 spiro atoms. The van der Waals surface area contributed by atoms with Crippen molar-refractivity contribution in [3.05, 3.63) is 59.7 Å². The van der Waals surface area contributed by atoms with Crippen LogP contribution >= 0.6 is 12.4 Å². The smallest absolute Gasteiger partial charge is 0.255 e. The Morgan fingerprint density at radius 3 is 2.58 bits per heavy atom. The second kappa shape index (κ2) is 10.6.